The minimum atomic E-state index is -0.431. The van der Waals surface area contributed by atoms with E-state index in [1.165, 1.54) is 14.2 Å². The Bertz CT molecular complexity index is 893. The summed E-state index contributed by atoms with van der Waals surface area (Å²) in [6.07, 6.45) is 1.05. The van der Waals surface area contributed by atoms with Crippen molar-refractivity contribution >= 4 is 0 Å². The van der Waals surface area contributed by atoms with E-state index >= 15 is 0 Å². The van der Waals surface area contributed by atoms with E-state index in [-0.39, 0.29) is 17.5 Å². The summed E-state index contributed by atoms with van der Waals surface area (Å²) in [5, 5.41) is 31.4. The average molecular weight is 371 g/mol. The van der Waals surface area contributed by atoms with E-state index in [1.807, 2.05) is 6.07 Å². The third-order valence-electron chi connectivity index (χ3n) is 5.64. The van der Waals surface area contributed by atoms with Gasteiger partial charge in [-0.1, -0.05) is 6.07 Å². The topological polar surface area (TPSA) is 82.4 Å². The molecule has 1 heterocycles. The summed E-state index contributed by atoms with van der Waals surface area (Å²) in [6, 6.07) is 5.55. The van der Waals surface area contributed by atoms with Crippen LogP contribution in [0, 0.1) is 0 Å². The van der Waals surface area contributed by atoms with Crippen LogP contribution in [0.15, 0.2) is 18.2 Å². The van der Waals surface area contributed by atoms with Gasteiger partial charge in [0, 0.05) is 30.3 Å². The number of methoxy groups -OCH3 is 2. The molecule has 0 amide bonds. The van der Waals surface area contributed by atoms with E-state index in [1.54, 1.807) is 19.1 Å². The van der Waals surface area contributed by atoms with Gasteiger partial charge in [-0.05, 0) is 48.6 Å². The Balaban J connectivity index is 2.01. The van der Waals surface area contributed by atoms with Crippen LogP contribution in [-0.4, -0.2) is 53.6 Å². The van der Waals surface area contributed by atoms with Crippen molar-refractivity contribution in [3.63, 3.8) is 0 Å². The molecule has 0 radical (unpaired) electrons. The van der Waals surface area contributed by atoms with Gasteiger partial charge in [-0.3, -0.25) is 4.90 Å². The third kappa shape index (κ3) is 2.71. The van der Waals surface area contributed by atoms with Crippen molar-refractivity contribution < 1.29 is 24.8 Å². The molecular formula is C21H25NO5. The first-order chi connectivity index (χ1) is 13.0. The number of benzene rings is 2. The maximum absolute atomic E-state index is 10.9. The SMILES string of the molecule is COc1ccc2c(c1O)-c1c(OC)c(O)cc3c1[C@H](C2)N(C[C@H](C)O)CC3. The van der Waals surface area contributed by atoms with Crippen molar-refractivity contribution in [2.75, 3.05) is 27.3 Å². The van der Waals surface area contributed by atoms with Crippen molar-refractivity contribution in [1.82, 2.24) is 4.90 Å². The first-order valence-electron chi connectivity index (χ1n) is 9.20. The fourth-order valence-electron chi connectivity index (χ4n) is 4.59. The normalized spacial score (nSPS) is 19.2. The van der Waals surface area contributed by atoms with Crippen molar-refractivity contribution in [3.8, 4) is 34.1 Å². The van der Waals surface area contributed by atoms with E-state index in [4.69, 9.17) is 9.47 Å². The van der Waals surface area contributed by atoms with Gasteiger partial charge in [0.1, 0.15) is 0 Å². The molecule has 27 heavy (non-hydrogen) atoms. The van der Waals surface area contributed by atoms with Gasteiger partial charge in [-0.25, -0.2) is 0 Å². The number of nitrogens with zero attached hydrogens (tertiary/aromatic N) is 1. The fourth-order valence-corrected chi connectivity index (χ4v) is 4.59. The van der Waals surface area contributed by atoms with Gasteiger partial charge < -0.3 is 24.8 Å². The Morgan fingerprint density at radius 2 is 1.93 bits per heavy atom. The fraction of sp³-hybridized carbons (Fsp3) is 0.429. The van der Waals surface area contributed by atoms with Crippen LogP contribution in [0.4, 0.5) is 0 Å². The number of hydrogen-bond donors (Lipinski definition) is 3. The standard InChI is InChI=1S/C21H25NO5/c1-11(23)10-22-7-6-13-9-15(24)21(27-3)19-17(13)14(22)8-12-4-5-16(26-2)20(25)18(12)19/h4-5,9,11,14,23-25H,6-8,10H2,1-3H3/t11-,14-/m0/s1. The first kappa shape index (κ1) is 17.9. The highest BCUT2D eigenvalue weighted by Crippen LogP contribution is 2.56. The van der Waals surface area contributed by atoms with Gasteiger partial charge in [-0.2, -0.15) is 0 Å². The van der Waals surface area contributed by atoms with Gasteiger partial charge in [-0.15, -0.1) is 0 Å². The molecule has 144 valence electrons. The smallest absolute Gasteiger partial charge is 0.168 e. The summed E-state index contributed by atoms with van der Waals surface area (Å²) in [6.45, 7) is 3.18. The Hall–Kier alpha value is -2.44. The number of rotatable bonds is 4. The monoisotopic (exact) mass is 371 g/mol. The van der Waals surface area contributed by atoms with Crippen LogP contribution in [-0.2, 0) is 12.8 Å². The minimum absolute atomic E-state index is 0.0622. The molecule has 0 fully saturated rings. The molecular weight excluding hydrogens is 346 g/mol. The third-order valence-corrected chi connectivity index (χ3v) is 5.64. The summed E-state index contributed by atoms with van der Waals surface area (Å²) < 4.78 is 10.9. The maximum Gasteiger partial charge on any atom is 0.168 e. The Morgan fingerprint density at radius 3 is 2.59 bits per heavy atom. The highest BCUT2D eigenvalue weighted by Gasteiger charge is 2.39. The molecule has 1 aliphatic heterocycles. The number of aromatic hydroxyl groups is 2. The van der Waals surface area contributed by atoms with E-state index in [9.17, 15) is 15.3 Å². The molecule has 0 bridgehead atoms. The summed E-state index contributed by atoms with van der Waals surface area (Å²) in [4.78, 5) is 2.28. The number of β-amino-alcohol motifs (C(OH)–C–C–N with tert-alkyl or cyclic N) is 1. The highest BCUT2D eigenvalue weighted by atomic mass is 16.5. The number of ether oxygens (including phenoxy) is 2. The van der Waals surface area contributed by atoms with Crippen molar-refractivity contribution in [1.29, 1.82) is 0 Å². The largest absolute Gasteiger partial charge is 0.504 e. The molecule has 3 N–H and O–H groups in total. The lowest BCUT2D eigenvalue weighted by Gasteiger charge is -2.42. The van der Waals surface area contributed by atoms with Gasteiger partial charge >= 0.3 is 0 Å². The molecule has 2 aromatic carbocycles. The number of fused-ring (bicyclic) bond motifs is 2. The van der Waals surface area contributed by atoms with Crippen LogP contribution < -0.4 is 9.47 Å². The Kier molecular flexibility index (Phi) is 4.40. The second-order valence-electron chi connectivity index (χ2n) is 7.34. The molecule has 0 saturated heterocycles. The lowest BCUT2D eigenvalue weighted by Crippen LogP contribution is -2.41. The molecule has 2 atom stereocenters. The zero-order valence-electron chi connectivity index (χ0n) is 15.8. The minimum Gasteiger partial charge on any atom is -0.504 e. The van der Waals surface area contributed by atoms with Crippen molar-refractivity contribution in [3.05, 3.63) is 34.9 Å². The number of phenols is 2. The molecule has 0 unspecified atom stereocenters. The summed E-state index contributed by atoms with van der Waals surface area (Å²) in [5.41, 5.74) is 4.48. The number of hydrogen-bond acceptors (Lipinski definition) is 6. The molecule has 6 heteroatoms. The molecule has 2 aliphatic rings. The second kappa shape index (κ2) is 6.62. The van der Waals surface area contributed by atoms with E-state index in [0.717, 1.165) is 35.2 Å². The molecule has 2 aromatic rings. The first-order valence-corrected chi connectivity index (χ1v) is 9.20. The number of phenolic OH excluding ortho intramolecular Hbond substituents is 2. The highest BCUT2D eigenvalue weighted by molar-refractivity contribution is 5.88. The van der Waals surface area contributed by atoms with Crippen LogP contribution in [0.2, 0.25) is 0 Å². The summed E-state index contributed by atoms with van der Waals surface area (Å²) >= 11 is 0. The maximum atomic E-state index is 10.9. The number of aliphatic hydroxyl groups is 1. The van der Waals surface area contributed by atoms with Crippen LogP contribution in [0.3, 0.4) is 0 Å². The predicted molar refractivity (Wildman–Crippen MR) is 102 cm³/mol. The zero-order chi connectivity index (χ0) is 19.3. The van der Waals surface area contributed by atoms with Gasteiger partial charge in [0.05, 0.1) is 20.3 Å². The van der Waals surface area contributed by atoms with Crippen LogP contribution in [0.5, 0.6) is 23.0 Å². The Labute approximate surface area is 158 Å². The lowest BCUT2D eigenvalue weighted by molar-refractivity contribution is 0.0912. The lowest BCUT2D eigenvalue weighted by atomic mass is 9.76. The Morgan fingerprint density at radius 1 is 1.15 bits per heavy atom. The molecule has 1 aliphatic carbocycles. The predicted octanol–water partition coefficient (Wildman–Crippen LogP) is 2.62. The summed E-state index contributed by atoms with van der Waals surface area (Å²) in [7, 11) is 3.04. The van der Waals surface area contributed by atoms with E-state index in [0.29, 0.717) is 30.0 Å². The van der Waals surface area contributed by atoms with Crippen LogP contribution >= 0.6 is 0 Å². The van der Waals surface area contributed by atoms with Gasteiger partial charge in [0.15, 0.2) is 23.0 Å². The van der Waals surface area contributed by atoms with Gasteiger partial charge in [0.2, 0.25) is 0 Å². The molecule has 4 rings (SSSR count). The number of aliphatic hydroxyl groups excluding tert-OH is 1. The molecule has 0 saturated carbocycles. The van der Waals surface area contributed by atoms with Crippen molar-refractivity contribution in [2.24, 2.45) is 0 Å². The van der Waals surface area contributed by atoms with E-state index in [2.05, 4.69) is 4.90 Å². The second-order valence-corrected chi connectivity index (χ2v) is 7.34. The van der Waals surface area contributed by atoms with Crippen LogP contribution in [0.25, 0.3) is 11.1 Å². The average Bonchev–Trinajstić information content (AvgIpc) is 2.63. The van der Waals surface area contributed by atoms with Crippen molar-refractivity contribution in [2.45, 2.75) is 31.9 Å². The van der Waals surface area contributed by atoms with Crippen LogP contribution in [0.1, 0.15) is 29.7 Å². The zero-order valence-corrected chi connectivity index (χ0v) is 15.8. The molecule has 0 aromatic heterocycles. The van der Waals surface area contributed by atoms with Gasteiger partial charge in [0.25, 0.3) is 0 Å². The summed E-state index contributed by atoms with van der Waals surface area (Å²) in [5.74, 6) is 0.890. The molecule has 6 nitrogen and oxygen atoms in total. The van der Waals surface area contributed by atoms with E-state index < -0.39 is 6.10 Å². The molecule has 0 spiro atoms. The quantitative estimate of drug-likeness (QED) is 0.766.